The number of hydrogen-bond donors (Lipinski definition) is 2. The third-order valence-corrected chi connectivity index (χ3v) is 4.18. The lowest BCUT2D eigenvalue weighted by Gasteiger charge is -2.38. The first-order valence-electron chi connectivity index (χ1n) is 7.18. The van der Waals surface area contributed by atoms with Crippen molar-refractivity contribution in [3.63, 3.8) is 0 Å². The van der Waals surface area contributed by atoms with Crippen LogP contribution in [0.5, 0.6) is 0 Å². The smallest absolute Gasteiger partial charge is 0.0659 e. The van der Waals surface area contributed by atoms with Gasteiger partial charge in [-0.05, 0) is 65.3 Å². The van der Waals surface area contributed by atoms with Gasteiger partial charge in [0.05, 0.1) is 5.60 Å². The molecule has 0 spiro atoms. The minimum absolute atomic E-state index is 0.150. The normalized spacial score (nSPS) is 30.0. The Morgan fingerprint density at radius 2 is 1.59 bits per heavy atom. The molecule has 0 saturated heterocycles. The summed E-state index contributed by atoms with van der Waals surface area (Å²) >= 11 is 0. The molecule has 2 nitrogen and oxygen atoms in total. The van der Waals surface area contributed by atoms with Gasteiger partial charge in [0.1, 0.15) is 0 Å². The first kappa shape index (κ1) is 15.0. The van der Waals surface area contributed by atoms with Crippen molar-refractivity contribution in [3.05, 3.63) is 0 Å². The second-order valence-corrected chi connectivity index (χ2v) is 7.24. The lowest BCUT2D eigenvalue weighted by Crippen LogP contribution is -2.43. The molecule has 0 aromatic rings. The molecular formula is C15H31NO. The number of nitrogens with one attached hydrogen (secondary N) is 1. The molecule has 1 atom stereocenters. The second-order valence-electron chi connectivity index (χ2n) is 7.24. The Balaban J connectivity index is 2.35. The van der Waals surface area contributed by atoms with E-state index in [-0.39, 0.29) is 5.54 Å². The summed E-state index contributed by atoms with van der Waals surface area (Å²) in [6.07, 6.45) is 5.83. The first-order valence-corrected chi connectivity index (χ1v) is 7.18. The summed E-state index contributed by atoms with van der Waals surface area (Å²) in [7, 11) is 0. The zero-order valence-corrected chi connectivity index (χ0v) is 12.3. The monoisotopic (exact) mass is 241 g/mol. The van der Waals surface area contributed by atoms with Crippen molar-refractivity contribution in [2.45, 2.75) is 77.9 Å². The van der Waals surface area contributed by atoms with Gasteiger partial charge in [-0.25, -0.2) is 0 Å². The maximum absolute atomic E-state index is 10.6. The van der Waals surface area contributed by atoms with E-state index in [4.69, 9.17) is 0 Å². The minimum Gasteiger partial charge on any atom is -0.390 e. The fourth-order valence-corrected chi connectivity index (χ4v) is 2.78. The van der Waals surface area contributed by atoms with E-state index in [1.807, 2.05) is 6.92 Å². The molecular weight excluding hydrogens is 210 g/mol. The Bertz CT molecular complexity index is 222. The summed E-state index contributed by atoms with van der Waals surface area (Å²) in [5, 5.41) is 14.0. The van der Waals surface area contributed by atoms with Gasteiger partial charge in [-0.3, -0.25) is 0 Å². The molecule has 0 heterocycles. The van der Waals surface area contributed by atoms with Crippen LogP contribution in [0, 0.1) is 11.8 Å². The highest BCUT2D eigenvalue weighted by Crippen LogP contribution is 2.36. The summed E-state index contributed by atoms with van der Waals surface area (Å²) in [5.74, 6) is 1.36. The van der Waals surface area contributed by atoms with Crippen molar-refractivity contribution in [2.24, 2.45) is 11.8 Å². The molecule has 1 saturated carbocycles. The molecule has 1 fully saturated rings. The lowest BCUT2D eigenvalue weighted by atomic mass is 9.73. The first-order chi connectivity index (χ1) is 7.71. The molecule has 17 heavy (non-hydrogen) atoms. The van der Waals surface area contributed by atoms with E-state index in [1.165, 1.54) is 25.7 Å². The van der Waals surface area contributed by atoms with Gasteiger partial charge in [-0.1, -0.05) is 19.8 Å². The zero-order chi connectivity index (χ0) is 13.1. The van der Waals surface area contributed by atoms with Gasteiger partial charge in [-0.15, -0.1) is 0 Å². The molecule has 0 aromatic heterocycles. The molecule has 102 valence electrons. The van der Waals surface area contributed by atoms with Crippen LogP contribution in [0.1, 0.15) is 66.7 Å². The van der Waals surface area contributed by atoms with E-state index in [9.17, 15) is 5.11 Å². The van der Waals surface area contributed by atoms with Gasteiger partial charge in [0, 0.05) is 5.54 Å². The van der Waals surface area contributed by atoms with Crippen LogP contribution in [0.25, 0.3) is 0 Å². The Morgan fingerprint density at radius 3 is 2.06 bits per heavy atom. The molecule has 2 N–H and O–H groups in total. The molecule has 0 amide bonds. The van der Waals surface area contributed by atoms with Crippen molar-refractivity contribution in [2.75, 3.05) is 6.54 Å². The molecule has 0 aromatic carbocycles. The third-order valence-electron chi connectivity index (χ3n) is 4.18. The molecule has 0 aliphatic heterocycles. The molecule has 1 rings (SSSR count). The van der Waals surface area contributed by atoms with Gasteiger partial charge in [0.2, 0.25) is 0 Å². The van der Waals surface area contributed by atoms with Gasteiger partial charge in [0.15, 0.2) is 0 Å². The van der Waals surface area contributed by atoms with Crippen molar-refractivity contribution >= 4 is 0 Å². The van der Waals surface area contributed by atoms with E-state index in [0.717, 1.165) is 18.9 Å². The van der Waals surface area contributed by atoms with Gasteiger partial charge >= 0.3 is 0 Å². The molecule has 1 aliphatic rings. The van der Waals surface area contributed by atoms with Crippen molar-refractivity contribution < 1.29 is 5.11 Å². The van der Waals surface area contributed by atoms with Crippen molar-refractivity contribution in [3.8, 4) is 0 Å². The Morgan fingerprint density at radius 1 is 1.06 bits per heavy atom. The van der Waals surface area contributed by atoms with Gasteiger partial charge in [-0.2, -0.15) is 0 Å². The summed E-state index contributed by atoms with van der Waals surface area (Å²) in [6, 6.07) is 0. The van der Waals surface area contributed by atoms with E-state index >= 15 is 0 Å². The van der Waals surface area contributed by atoms with Crippen LogP contribution in [-0.2, 0) is 0 Å². The highest BCUT2D eigenvalue weighted by Gasteiger charge is 2.33. The fourth-order valence-electron chi connectivity index (χ4n) is 2.78. The predicted molar refractivity (Wildman–Crippen MR) is 74.1 cm³/mol. The van der Waals surface area contributed by atoms with E-state index in [2.05, 4.69) is 33.0 Å². The third kappa shape index (κ3) is 5.39. The fraction of sp³-hybridized carbons (Fsp3) is 1.00. The van der Waals surface area contributed by atoms with Crippen LogP contribution in [0.4, 0.5) is 0 Å². The summed E-state index contributed by atoms with van der Waals surface area (Å²) in [6.45, 7) is 11.8. The molecule has 0 radical (unpaired) electrons. The van der Waals surface area contributed by atoms with Crippen molar-refractivity contribution in [1.29, 1.82) is 0 Å². The molecule has 2 heteroatoms. The quantitative estimate of drug-likeness (QED) is 0.791. The number of aliphatic hydroxyl groups is 1. The van der Waals surface area contributed by atoms with Crippen molar-refractivity contribution in [1.82, 2.24) is 5.32 Å². The van der Waals surface area contributed by atoms with Crippen LogP contribution >= 0.6 is 0 Å². The minimum atomic E-state index is -0.488. The maximum Gasteiger partial charge on any atom is 0.0659 e. The van der Waals surface area contributed by atoms with Gasteiger partial charge < -0.3 is 10.4 Å². The molecule has 0 bridgehead atoms. The highest BCUT2D eigenvalue weighted by atomic mass is 16.3. The Labute approximate surface area is 107 Å². The largest absolute Gasteiger partial charge is 0.390 e. The Kier molecular flexibility index (Phi) is 5.03. The van der Waals surface area contributed by atoms with Crippen LogP contribution in [0.3, 0.4) is 0 Å². The highest BCUT2D eigenvalue weighted by molar-refractivity contribution is 4.86. The predicted octanol–water partition coefficient (Wildman–Crippen LogP) is 3.34. The Hall–Kier alpha value is -0.0800. The SMILES string of the molecule is CC1CCC(C(C)(O)CCNC(C)(C)C)CC1. The van der Waals surface area contributed by atoms with E-state index < -0.39 is 5.60 Å². The zero-order valence-electron chi connectivity index (χ0n) is 12.3. The summed E-state index contributed by atoms with van der Waals surface area (Å²) in [4.78, 5) is 0. The summed E-state index contributed by atoms with van der Waals surface area (Å²) < 4.78 is 0. The number of rotatable bonds is 4. The topological polar surface area (TPSA) is 32.3 Å². The average molecular weight is 241 g/mol. The van der Waals surface area contributed by atoms with Gasteiger partial charge in [0.25, 0.3) is 0 Å². The second kappa shape index (κ2) is 5.71. The van der Waals surface area contributed by atoms with Crippen LogP contribution < -0.4 is 5.32 Å². The molecule has 1 unspecified atom stereocenters. The maximum atomic E-state index is 10.6. The lowest BCUT2D eigenvalue weighted by molar-refractivity contribution is -0.0284. The molecule has 1 aliphatic carbocycles. The van der Waals surface area contributed by atoms with E-state index in [0.29, 0.717) is 5.92 Å². The average Bonchev–Trinajstić information content (AvgIpc) is 2.15. The van der Waals surface area contributed by atoms with Crippen LogP contribution in [0.15, 0.2) is 0 Å². The standard InChI is InChI=1S/C15H31NO/c1-12-6-8-13(9-7-12)15(5,17)10-11-16-14(2,3)4/h12-13,16-17H,6-11H2,1-5H3. The number of hydrogen-bond acceptors (Lipinski definition) is 2. The van der Waals surface area contributed by atoms with Crippen LogP contribution in [-0.4, -0.2) is 22.8 Å². The van der Waals surface area contributed by atoms with Crippen LogP contribution in [0.2, 0.25) is 0 Å². The van der Waals surface area contributed by atoms with E-state index in [1.54, 1.807) is 0 Å². The summed E-state index contributed by atoms with van der Waals surface area (Å²) in [5.41, 5.74) is -0.338.